The van der Waals surface area contributed by atoms with E-state index in [1.54, 1.807) is 6.07 Å². The molecule has 1 rings (SSSR count). The highest BCUT2D eigenvalue weighted by Gasteiger charge is 2.11. The summed E-state index contributed by atoms with van der Waals surface area (Å²) in [7, 11) is 0. The average molecular weight is 177 g/mol. The normalized spacial score (nSPS) is 11.8. The van der Waals surface area contributed by atoms with Gasteiger partial charge in [-0.3, -0.25) is 4.79 Å². The number of carboxylic acid groups (broad SMARTS) is 1. The van der Waals surface area contributed by atoms with Crippen LogP contribution in [0.2, 0.25) is 0 Å². The van der Waals surface area contributed by atoms with Gasteiger partial charge in [0.1, 0.15) is 6.04 Å². The Morgan fingerprint density at radius 2 is 2.46 bits per heavy atom. The van der Waals surface area contributed by atoms with Gasteiger partial charge in [0.25, 0.3) is 0 Å². The molecule has 0 radical (unpaired) electrons. The molecule has 1 aromatic carbocycles. The number of carboxylic acids is 1. The Labute approximate surface area is 77.2 Å². The zero-order valence-electron chi connectivity index (χ0n) is 7.37. The summed E-state index contributed by atoms with van der Waals surface area (Å²) in [6.07, 6.45) is 0.335. The zero-order chi connectivity index (χ0) is 9.84. The Kier molecular flexibility index (Phi) is 2.88. The van der Waals surface area contributed by atoms with E-state index in [2.05, 4.69) is 12.1 Å². The second kappa shape index (κ2) is 3.92. The van der Waals surface area contributed by atoms with Crippen molar-refractivity contribution in [3.8, 4) is 0 Å². The fourth-order valence-electron chi connectivity index (χ4n) is 1.06. The van der Waals surface area contributed by atoms with Gasteiger partial charge in [0.15, 0.2) is 0 Å². The summed E-state index contributed by atoms with van der Waals surface area (Å²) < 4.78 is 0. The molecule has 0 amide bonds. The van der Waals surface area contributed by atoms with Crippen LogP contribution in [0.4, 0.5) is 0 Å². The van der Waals surface area contributed by atoms with Crippen LogP contribution in [0.1, 0.15) is 11.1 Å². The summed E-state index contributed by atoms with van der Waals surface area (Å²) in [6, 6.07) is 8.39. The van der Waals surface area contributed by atoms with Gasteiger partial charge in [0.2, 0.25) is 0 Å². The second-order valence-electron chi connectivity index (χ2n) is 2.96. The molecule has 3 nitrogen and oxygen atoms in total. The maximum atomic E-state index is 10.4. The van der Waals surface area contributed by atoms with E-state index in [-0.39, 0.29) is 0 Å². The topological polar surface area (TPSA) is 63.3 Å². The summed E-state index contributed by atoms with van der Waals surface area (Å²) in [5.74, 6) is -0.981. The lowest BCUT2D eigenvalue weighted by Gasteiger charge is -2.04. The standard InChI is InChI=1S/C10H11NO2/c1-7-3-2-4-8(5-7)6-9(11)10(12)13/h4-5,9H,6,11H2,1H3,(H,12,13)/t9-/m0/s1. The second-order valence-corrected chi connectivity index (χ2v) is 2.96. The summed E-state index contributed by atoms with van der Waals surface area (Å²) in [5.41, 5.74) is 7.20. The van der Waals surface area contributed by atoms with Crippen molar-refractivity contribution in [2.24, 2.45) is 5.73 Å². The Morgan fingerprint density at radius 3 is 3.00 bits per heavy atom. The maximum Gasteiger partial charge on any atom is 0.320 e. The van der Waals surface area contributed by atoms with Crippen LogP contribution in [0.5, 0.6) is 0 Å². The summed E-state index contributed by atoms with van der Waals surface area (Å²) >= 11 is 0. The Bertz CT molecular complexity index is 310. The minimum absolute atomic E-state index is 0.335. The highest BCUT2D eigenvalue weighted by molar-refractivity contribution is 5.73. The SMILES string of the molecule is Cc1c#ccc(C[C@H](N)C(=O)O)c1. The zero-order valence-corrected chi connectivity index (χ0v) is 7.37. The Balaban J connectivity index is 2.69. The summed E-state index contributed by atoms with van der Waals surface area (Å²) in [4.78, 5) is 10.4. The van der Waals surface area contributed by atoms with Gasteiger partial charge in [-0.1, -0.05) is 12.1 Å². The highest BCUT2D eigenvalue weighted by Crippen LogP contribution is 2.02. The van der Waals surface area contributed by atoms with Crippen molar-refractivity contribution < 1.29 is 9.90 Å². The van der Waals surface area contributed by atoms with Gasteiger partial charge in [0.05, 0.1) is 0 Å². The lowest BCUT2D eigenvalue weighted by atomic mass is 10.1. The van der Waals surface area contributed by atoms with E-state index in [0.717, 1.165) is 11.1 Å². The van der Waals surface area contributed by atoms with Crippen molar-refractivity contribution in [3.63, 3.8) is 0 Å². The van der Waals surface area contributed by atoms with Crippen LogP contribution in [-0.4, -0.2) is 17.1 Å². The smallest absolute Gasteiger partial charge is 0.320 e. The van der Waals surface area contributed by atoms with E-state index in [9.17, 15) is 4.79 Å². The van der Waals surface area contributed by atoms with E-state index < -0.39 is 12.0 Å². The average Bonchev–Trinajstić information content (AvgIpc) is 2.04. The molecule has 3 N–H and O–H groups in total. The fourth-order valence-corrected chi connectivity index (χ4v) is 1.06. The van der Waals surface area contributed by atoms with Crippen LogP contribution >= 0.6 is 0 Å². The van der Waals surface area contributed by atoms with E-state index in [1.165, 1.54) is 0 Å². The number of rotatable bonds is 3. The summed E-state index contributed by atoms with van der Waals surface area (Å²) in [5, 5.41) is 8.57. The van der Waals surface area contributed by atoms with Gasteiger partial charge < -0.3 is 10.8 Å². The third-order valence-electron chi connectivity index (χ3n) is 1.70. The Hall–Kier alpha value is -1.53. The van der Waals surface area contributed by atoms with Crippen LogP contribution in [0.3, 0.4) is 0 Å². The number of nitrogens with two attached hydrogens (primary N) is 1. The van der Waals surface area contributed by atoms with Gasteiger partial charge in [0, 0.05) is 0 Å². The molecule has 68 valence electrons. The van der Waals surface area contributed by atoms with Crippen molar-refractivity contribution in [3.05, 3.63) is 35.4 Å². The monoisotopic (exact) mass is 177 g/mol. The summed E-state index contributed by atoms with van der Waals surface area (Å²) in [6.45, 7) is 1.88. The van der Waals surface area contributed by atoms with Crippen molar-refractivity contribution in [2.75, 3.05) is 0 Å². The van der Waals surface area contributed by atoms with Crippen LogP contribution in [0.15, 0.2) is 12.1 Å². The lowest BCUT2D eigenvalue weighted by molar-refractivity contribution is -0.138. The molecule has 0 saturated carbocycles. The quantitative estimate of drug-likeness (QED) is 0.708. The Morgan fingerprint density at radius 1 is 1.77 bits per heavy atom. The molecule has 0 aromatic heterocycles. The molecule has 0 spiro atoms. The third-order valence-corrected chi connectivity index (χ3v) is 1.70. The first kappa shape index (κ1) is 9.56. The van der Waals surface area contributed by atoms with E-state index in [1.807, 2.05) is 13.0 Å². The minimum Gasteiger partial charge on any atom is -0.480 e. The van der Waals surface area contributed by atoms with E-state index >= 15 is 0 Å². The molecule has 1 aromatic rings. The van der Waals surface area contributed by atoms with Crippen molar-refractivity contribution in [2.45, 2.75) is 19.4 Å². The van der Waals surface area contributed by atoms with Crippen LogP contribution < -0.4 is 5.73 Å². The van der Waals surface area contributed by atoms with Crippen LogP contribution in [0, 0.1) is 19.1 Å². The van der Waals surface area contributed by atoms with Crippen molar-refractivity contribution in [1.29, 1.82) is 0 Å². The maximum absolute atomic E-state index is 10.4. The molecule has 0 aliphatic heterocycles. The van der Waals surface area contributed by atoms with Gasteiger partial charge >= 0.3 is 5.97 Å². The first-order chi connectivity index (χ1) is 6.09. The largest absolute Gasteiger partial charge is 0.480 e. The molecule has 0 aliphatic rings. The highest BCUT2D eigenvalue weighted by atomic mass is 16.4. The molecular formula is C10H11NO2. The molecule has 0 fully saturated rings. The lowest BCUT2D eigenvalue weighted by Crippen LogP contribution is -2.32. The number of aryl methyl sites for hydroxylation is 1. The number of carbonyl (C=O) groups is 1. The van der Waals surface area contributed by atoms with Gasteiger partial charge in [-0.15, -0.1) is 0 Å². The molecule has 0 heterocycles. The van der Waals surface area contributed by atoms with Crippen molar-refractivity contribution >= 4 is 5.97 Å². The molecule has 3 heteroatoms. The van der Waals surface area contributed by atoms with Gasteiger partial charge in [-0.05, 0) is 36.6 Å². The molecular weight excluding hydrogens is 166 g/mol. The first-order valence-electron chi connectivity index (χ1n) is 3.97. The van der Waals surface area contributed by atoms with Gasteiger partial charge in [-0.25, -0.2) is 0 Å². The van der Waals surface area contributed by atoms with Crippen molar-refractivity contribution in [1.82, 2.24) is 0 Å². The molecule has 0 saturated heterocycles. The number of aliphatic carboxylic acids is 1. The van der Waals surface area contributed by atoms with E-state index in [0.29, 0.717) is 6.42 Å². The van der Waals surface area contributed by atoms with Crippen LogP contribution in [-0.2, 0) is 11.2 Å². The first-order valence-corrected chi connectivity index (χ1v) is 3.97. The van der Waals surface area contributed by atoms with E-state index in [4.69, 9.17) is 10.8 Å². The van der Waals surface area contributed by atoms with Gasteiger partial charge in [-0.2, -0.15) is 0 Å². The third kappa shape index (κ3) is 2.77. The molecule has 0 aliphatic carbocycles. The van der Waals surface area contributed by atoms with Crippen LogP contribution in [0.25, 0.3) is 0 Å². The molecule has 0 unspecified atom stereocenters. The predicted octanol–water partition coefficient (Wildman–Crippen LogP) is 0.550. The molecule has 0 bridgehead atoms. The molecule has 1 atom stereocenters. The minimum atomic E-state index is -0.981. The number of hydrogen-bond donors (Lipinski definition) is 2. The molecule has 13 heavy (non-hydrogen) atoms. The predicted molar refractivity (Wildman–Crippen MR) is 48.2 cm³/mol. The number of hydrogen-bond acceptors (Lipinski definition) is 2. The fraction of sp³-hybridized carbons (Fsp3) is 0.300.